The number of fused-ring (bicyclic) bond motifs is 1. The van der Waals surface area contributed by atoms with Crippen LogP contribution in [0.2, 0.25) is 0 Å². The first-order valence-electron chi connectivity index (χ1n) is 6.67. The van der Waals surface area contributed by atoms with E-state index in [1.165, 1.54) is 0 Å². The van der Waals surface area contributed by atoms with Crippen LogP contribution in [0, 0.1) is 0 Å². The van der Waals surface area contributed by atoms with Crippen LogP contribution in [-0.4, -0.2) is 34.4 Å². The second-order valence-electron chi connectivity index (χ2n) is 4.95. The van der Waals surface area contributed by atoms with Gasteiger partial charge in [-0.25, -0.2) is 0 Å². The van der Waals surface area contributed by atoms with Gasteiger partial charge in [0.15, 0.2) is 0 Å². The third-order valence-electron chi connectivity index (χ3n) is 3.69. The molecule has 1 fully saturated rings. The van der Waals surface area contributed by atoms with Crippen LogP contribution in [0.15, 0.2) is 16.4 Å². The van der Waals surface area contributed by atoms with Gasteiger partial charge in [0, 0.05) is 17.8 Å². The minimum atomic E-state index is -0.248. The molecule has 1 saturated heterocycles. The Balaban J connectivity index is 2.23. The summed E-state index contributed by atoms with van der Waals surface area (Å²) >= 11 is 0. The van der Waals surface area contributed by atoms with Gasteiger partial charge in [-0.05, 0) is 32.6 Å². The molecule has 100 valence electrons. The highest BCUT2D eigenvalue weighted by atomic mass is 16.4. The van der Waals surface area contributed by atoms with Gasteiger partial charge in [-0.15, -0.1) is 0 Å². The highest BCUT2D eigenvalue weighted by molar-refractivity contribution is 6.01. The number of rotatable bonds is 3. The summed E-state index contributed by atoms with van der Waals surface area (Å²) in [4.78, 5) is 14.2. The van der Waals surface area contributed by atoms with Crippen LogP contribution >= 0.6 is 0 Å². The normalized spacial score (nSPS) is 26.3. The highest BCUT2D eigenvalue weighted by Crippen LogP contribution is 2.25. The fourth-order valence-electron chi connectivity index (χ4n) is 2.63. The van der Waals surface area contributed by atoms with E-state index in [-0.39, 0.29) is 12.1 Å². The van der Waals surface area contributed by atoms with E-state index in [4.69, 9.17) is 5.21 Å². The third-order valence-corrected chi connectivity index (χ3v) is 3.69. The number of hydrogen-bond donors (Lipinski definition) is 2. The number of amides is 1. The number of unbranched alkanes of at least 4 members (excludes halogenated alkanes) is 1. The summed E-state index contributed by atoms with van der Waals surface area (Å²) in [6.07, 6.45) is 4.29. The van der Waals surface area contributed by atoms with Crippen molar-refractivity contribution in [3.63, 3.8) is 0 Å². The van der Waals surface area contributed by atoms with E-state index in [9.17, 15) is 4.79 Å². The van der Waals surface area contributed by atoms with Crippen LogP contribution in [0.3, 0.4) is 0 Å². The molecule has 2 rings (SSSR count). The first kappa shape index (κ1) is 12.9. The van der Waals surface area contributed by atoms with Crippen LogP contribution in [0.5, 0.6) is 0 Å². The van der Waals surface area contributed by atoms with Crippen molar-refractivity contribution in [2.24, 2.45) is 5.16 Å². The molecule has 18 heavy (non-hydrogen) atoms. The first-order valence-corrected chi connectivity index (χ1v) is 6.67. The van der Waals surface area contributed by atoms with Crippen molar-refractivity contribution < 1.29 is 10.0 Å². The Morgan fingerprint density at radius 1 is 1.56 bits per heavy atom. The van der Waals surface area contributed by atoms with E-state index in [1.54, 1.807) is 4.90 Å². The molecule has 1 unspecified atom stereocenters. The third kappa shape index (κ3) is 2.21. The van der Waals surface area contributed by atoms with Gasteiger partial charge in [-0.2, -0.15) is 0 Å². The monoisotopic (exact) mass is 251 g/mol. The molecule has 2 heterocycles. The highest BCUT2D eigenvalue weighted by Gasteiger charge is 2.37. The largest absolute Gasteiger partial charge is 0.411 e. The van der Waals surface area contributed by atoms with Crippen LogP contribution in [0.4, 0.5) is 0 Å². The van der Waals surface area contributed by atoms with Crippen molar-refractivity contribution in [2.45, 2.75) is 52.1 Å². The lowest BCUT2D eigenvalue weighted by atomic mass is 9.97. The Hall–Kier alpha value is -1.52. The second kappa shape index (κ2) is 5.42. The number of piperidine rings is 1. The summed E-state index contributed by atoms with van der Waals surface area (Å²) in [5.41, 5.74) is 2.47. The predicted molar refractivity (Wildman–Crippen MR) is 69.3 cm³/mol. The van der Waals surface area contributed by atoms with E-state index in [1.807, 2.05) is 6.92 Å². The summed E-state index contributed by atoms with van der Waals surface area (Å²) in [7, 11) is 0. The molecule has 0 spiro atoms. The van der Waals surface area contributed by atoms with Crippen molar-refractivity contribution >= 4 is 11.6 Å². The molecule has 0 aromatic rings. The minimum Gasteiger partial charge on any atom is -0.411 e. The fourth-order valence-corrected chi connectivity index (χ4v) is 2.63. The number of carbonyl (C=O) groups excluding carboxylic acids is 1. The lowest BCUT2D eigenvalue weighted by molar-refractivity contribution is -0.130. The average molecular weight is 251 g/mol. The van der Waals surface area contributed by atoms with Crippen molar-refractivity contribution in [1.82, 2.24) is 10.2 Å². The molecule has 2 N–H and O–H groups in total. The molecule has 0 aliphatic carbocycles. The summed E-state index contributed by atoms with van der Waals surface area (Å²) in [5.74, 6) is 0.102. The van der Waals surface area contributed by atoms with E-state index < -0.39 is 0 Å². The van der Waals surface area contributed by atoms with Gasteiger partial charge >= 0.3 is 0 Å². The Morgan fingerprint density at radius 2 is 2.33 bits per heavy atom. The standard InChI is InChI=1S/C13H21N3O2/c1-3-4-6-10-9(2)14-12-11(15-18)7-5-8-16(12)13(10)17/h12,14,18H,3-8H2,1-2H3/b15-11-. The van der Waals surface area contributed by atoms with Crippen molar-refractivity contribution in [3.8, 4) is 0 Å². The van der Waals surface area contributed by atoms with Crippen molar-refractivity contribution in [2.75, 3.05) is 6.54 Å². The Labute approximate surface area is 108 Å². The van der Waals surface area contributed by atoms with Gasteiger partial charge < -0.3 is 15.4 Å². The number of hydrogen-bond acceptors (Lipinski definition) is 4. The van der Waals surface area contributed by atoms with E-state index in [2.05, 4.69) is 17.4 Å². The maximum Gasteiger partial charge on any atom is 0.253 e. The molecule has 2 aliphatic heterocycles. The Bertz CT molecular complexity index is 401. The van der Waals surface area contributed by atoms with Gasteiger partial charge in [0.25, 0.3) is 5.91 Å². The lowest BCUT2D eigenvalue weighted by Crippen LogP contribution is -2.59. The summed E-state index contributed by atoms with van der Waals surface area (Å²) in [6, 6.07) is 0. The molecule has 1 atom stereocenters. The van der Waals surface area contributed by atoms with Gasteiger partial charge in [-0.3, -0.25) is 4.79 Å². The second-order valence-corrected chi connectivity index (χ2v) is 4.95. The Morgan fingerprint density at radius 3 is 3.00 bits per heavy atom. The predicted octanol–water partition coefficient (Wildman–Crippen LogP) is 1.83. The zero-order valence-corrected chi connectivity index (χ0v) is 11.1. The fraction of sp³-hybridized carbons (Fsp3) is 0.692. The minimum absolute atomic E-state index is 0.102. The van der Waals surface area contributed by atoms with Crippen LogP contribution < -0.4 is 5.32 Å². The van der Waals surface area contributed by atoms with Gasteiger partial charge in [0.2, 0.25) is 0 Å². The maximum atomic E-state index is 12.4. The molecular weight excluding hydrogens is 230 g/mol. The van der Waals surface area contributed by atoms with Crippen LogP contribution in [0.25, 0.3) is 0 Å². The number of nitrogens with one attached hydrogen (secondary N) is 1. The lowest BCUT2D eigenvalue weighted by Gasteiger charge is -2.41. The molecule has 2 aliphatic rings. The quantitative estimate of drug-likeness (QED) is 0.594. The smallest absolute Gasteiger partial charge is 0.253 e. The molecule has 0 bridgehead atoms. The molecule has 1 amide bonds. The molecule has 0 aromatic carbocycles. The number of allylic oxidation sites excluding steroid dienone is 1. The number of nitrogens with zero attached hydrogens (tertiary/aromatic N) is 2. The summed E-state index contributed by atoms with van der Waals surface area (Å²) < 4.78 is 0. The molecule has 5 nitrogen and oxygen atoms in total. The van der Waals surface area contributed by atoms with Gasteiger partial charge in [-0.1, -0.05) is 18.5 Å². The number of carbonyl (C=O) groups is 1. The summed E-state index contributed by atoms with van der Waals surface area (Å²) in [5, 5.41) is 15.6. The van der Waals surface area contributed by atoms with Crippen molar-refractivity contribution in [3.05, 3.63) is 11.3 Å². The van der Waals surface area contributed by atoms with Gasteiger partial charge in [0.1, 0.15) is 6.17 Å². The van der Waals surface area contributed by atoms with Crippen LogP contribution in [0.1, 0.15) is 46.0 Å². The SMILES string of the molecule is CCCCC1=C(C)NC2/C(=N\O)CCCN2C1=O. The molecule has 0 radical (unpaired) electrons. The topological polar surface area (TPSA) is 64.9 Å². The van der Waals surface area contributed by atoms with E-state index >= 15 is 0 Å². The maximum absolute atomic E-state index is 12.4. The zero-order valence-electron chi connectivity index (χ0n) is 11.1. The molecular formula is C13H21N3O2. The first-order chi connectivity index (χ1) is 8.69. The number of oxime groups is 1. The summed E-state index contributed by atoms with van der Waals surface area (Å²) in [6.45, 7) is 4.79. The molecule has 0 saturated carbocycles. The molecule has 5 heteroatoms. The molecule has 0 aromatic heterocycles. The van der Waals surface area contributed by atoms with E-state index in [0.29, 0.717) is 5.71 Å². The Kier molecular flexibility index (Phi) is 3.89. The van der Waals surface area contributed by atoms with Crippen molar-refractivity contribution in [1.29, 1.82) is 0 Å². The van der Waals surface area contributed by atoms with Crippen LogP contribution in [-0.2, 0) is 4.79 Å². The average Bonchev–Trinajstić information content (AvgIpc) is 2.38. The van der Waals surface area contributed by atoms with E-state index in [0.717, 1.165) is 49.9 Å². The zero-order chi connectivity index (χ0) is 13.1. The van der Waals surface area contributed by atoms with Gasteiger partial charge in [0.05, 0.1) is 5.71 Å².